The molecule has 2 aliphatic rings. The summed E-state index contributed by atoms with van der Waals surface area (Å²) in [7, 11) is 0. The summed E-state index contributed by atoms with van der Waals surface area (Å²) in [6.45, 7) is 6.41. The fourth-order valence-electron chi connectivity index (χ4n) is 5.04. The molecule has 0 spiro atoms. The van der Waals surface area contributed by atoms with E-state index in [4.69, 9.17) is 4.74 Å². The molecule has 2 aromatic rings. The minimum atomic E-state index is -0.512. The molecule has 1 aliphatic carbocycles. The number of amides is 1. The first-order valence-corrected chi connectivity index (χ1v) is 11.3. The molecule has 1 fully saturated rings. The summed E-state index contributed by atoms with van der Waals surface area (Å²) in [5.41, 5.74) is 3.15. The van der Waals surface area contributed by atoms with Crippen LogP contribution in [0.15, 0.2) is 42.5 Å². The van der Waals surface area contributed by atoms with Crippen LogP contribution >= 0.6 is 22.6 Å². The van der Waals surface area contributed by atoms with Crippen LogP contribution in [0.2, 0.25) is 0 Å². The molecule has 3 nitrogen and oxygen atoms in total. The van der Waals surface area contributed by atoms with E-state index in [0.29, 0.717) is 6.54 Å². The van der Waals surface area contributed by atoms with Crippen molar-refractivity contribution in [3.63, 3.8) is 0 Å². The Kier molecular flexibility index (Phi) is 5.38. The second kappa shape index (κ2) is 7.56. The molecule has 29 heavy (non-hydrogen) atoms. The zero-order chi connectivity index (χ0) is 20.8. The molecule has 0 radical (unpaired) electrons. The highest BCUT2D eigenvalue weighted by molar-refractivity contribution is 14.1. The maximum absolute atomic E-state index is 13.5. The van der Waals surface area contributed by atoms with Crippen molar-refractivity contribution < 1.29 is 13.9 Å². The lowest BCUT2D eigenvalue weighted by Crippen LogP contribution is -2.50. The quantitative estimate of drug-likeness (QED) is 0.477. The number of benzene rings is 2. The van der Waals surface area contributed by atoms with Gasteiger partial charge in [0, 0.05) is 21.6 Å². The molecule has 4 rings (SSSR count). The van der Waals surface area contributed by atoms with Crippen LogP contribution in [0.4, 0.5) is 9.18 Å². The van der Waals surface area contributed by atoms with Crippen LogP contribution in [0.3, 0.4) is 0 Å². The van der Waals surface area contributed by atoms with Gasteiger partial charge in [0.2, 0.25) is 0 Å². The molecule has 1 heterocycles. The highest BCUT2D eigenvalue weighted by Gasteiger charge is 2.53. The minimum absolute atomic E-state index is 0.0926. The minimum Gasteiger partial charge on any atom is -0.444 e. The van der Waals surface area contributed by atoms with Crippen molar-refractivity contribution in [2.45, 2.75) is 63.5 Å². The fraction of sp³-hybridized carbons (Fsp3) is 0.458. The summed E-state index contributed by atoms with van der Waals surface area (Å²) in [5, 5.41) is 0. The summed E-state index contributed by atoms with van der Waals surface area (Å²) in [4.78, 5) is 14.9. The van der Waals surface area contributed by atoms with Crippen molar-refractivity contribution in [3.05, 3.63) is 68.5 Å². The Morgan fingerprint density at radius 2 is 1.97 bits per heavy atom. The lowest BCUT2D eigenvalue weighted by atomic mass is 9.64. The number of carbonyl (C=O) groups excluding carboxylic acids is 1. The first-order chi connectivity index (χ1) is 13.7. The monoisotopic (exact) mass is 507 g/mol. The number of fused-ring (bicyclic) bond motifs is 3. The lowest BCUT2D eigenvalue weighted by molar-refractivity contribution is 0.0180. The van der Waals surface area contributed by atoms with Crippen molar-refractivity contribution in [1.82, 2.24) is 4.90 Å². The summed E-state index contributed by atoms with van der Waals surface area (Å²) in [6.07, 6.45) is 3.35. The third-order valence-electron chi connectivity index (χ3n) is 6.16. The van der Waals surface area contributed by atoms with E-state index >= 15 is 0 Å². The zero-order valence-corrected chi connectivity index (χ0v) is 19.3. The Balaban J connectivity index is 1.74. The van der Waals surface area contributed by atoms with Gasteiger partial charge in [0.25, 0.3) is 0 Å². The molecule has 1 saturated heterocycles. The number of carbonyl (C=O) groups is 1. The third kappa shape index (κ3) is 4.03. The zero-order valence-electron chi connectivity index (χ0n) is 17.2. The summed E-state index contributed by atoms with van der Waals surface area (Å²) in [6, 6.07) is 13.6. The highest BCUT2D eigenvalue weighted by Crippen LogP contribution is 2.49. The van der Waals surface area contributed by atoms with Crippen molar-refractivity contribution in [3.8, 4) is 0 Å². The molecule has 0 N–H and O–H groups in total. The Labute approximate surface area is 185 Å². The van der Waals surface area contributed by atoms with Crippen LogP contribution < -0.4 is 0 Å². The molecule has 2 aromatic carbocycles. The number of hydrogen-bond donors (Lipinski definition) is 0. The number of rotatable bonds is 2. The number of likely N-dealkylation sites (tertiary alicyclic amines) is 1. The van der Waals surface area contributed by atoms with Crippen LogP contribution in [0.1, 0.15) is 50.3 Å². The lowest BCUT2D eigenvalue weighted by Gasteiger charge is -2.43. The largest absolute Gasteiger partial charge is 0.444 e. The molecule has 2 unspecified atom stereocenters. The van der Waals surface area contributed by atoms with E-state index in [1.54, 1.807) is 0 Å². The molecule has 0 aromatic heterocycles. The SMILES string of the molecule is CC(C)(C)OC(=O)N1CCC2(Cc3ccc(F)cc3)c3ccc(I)cc3CCC12. The molecule has 1 amide bonds. The van der Waals surface area contributed by atoms with Gasteiger partial charge in [-0.25, -0.2) is 9.18 Å². The van der Waals surface area contributed by atoms with Gasteiger partial charge >= 0.3 is 6.09 Å². The molecular weight excluding hydrogens is 480 g/mol. The average Bonchev–Trinajstić information content (AvgIpc) is 3.01. The van der Waals surface area contributed by atoms with Gasteiger partial charge in [-0.05, 0) is 110 Å². The maximum atomic E-state index is 13.5. The average molecular weight is 507 g/mol. The Bertz CT molecular complexity index is 921. The van der Waals surface area contributed by atoms with E-state index in [1.165, 1.54) is 26.8 Å². The smallest absolute Gasteiger partial charge is 0.410 e. The Hall–Kier alpha value is -1.63. The normalized spacial score (nSPS) is 23.5. The third-order valence-corrected chi connectivity index (χ3v) is 6.84. The topological polar surface area (TPSA) is 29.5 Å². The first kappa shape index (κ1) is 20.6. The highest BCUT2D eigenvalue weighted by atomic mass is 127. The predicted octanol–water partition coefficient (Wildman–Crippen LogP) is 5.87. The maximum Gasteiger partial charge on any atom is 0.410 e. The molecule has 0 bridgehead atoms. The molecule has 5 heteroatoms. The van der Waals surface area contributed by atoms with Gasteiger partial charge in [-0.3, -0.25) is 0 Å². The Morgan fingerprint density at radius 3 is 2.66 bits per heavy atom. The molecular formula is C24H27FINO2. The van der Waals surface area contributed by atoms with Crippen LogP contribution in [-0.4, -0.2) is 29.2 Å². The van der Waals surface area contributed by atoms with Crippen molar-refractivity contribution in [2.75, 3.05) is 6.54 Å². The van der Waals surface area contributed by atoms with E-state index in [0.717, 1.165) is 31.2 Å². The van der Waals surface area contributed by atoms with Gasteiger partial charge in [-0.2, -0.15) is 0 Å². The number of nitrogens with zero attached hydrogens (tertiary/aromatic N) is 1. The first-order valence-electron chi connectivity index (χ1n) is 10.2. The van der Waals surface area contributed by atoms with E-state index in [1.807, 2.05) is 37.8 Å². The van der Waals surface area contributed by atoms with E-state index in [2.05, 4.69) is 40.8 Å². The Morgan fingerprint density at radius 1 is 1.24 bits per heavy atom. The van der Waals surface area contributed by atoms with Gasteiger partial charge in [0.05, 0.1) is 0 Å². The second-order valence-electron chi connectivity index (χ2n) is 9.24. The van der Waals surface area contributed by atoms with Crippen LogP contribution in [0.5, 0.6) is 0 Å². The second-order valence-corrected chi connectivity index (χ2v) is 10.5. The number of halogens is 2. The van der Waals surface area contributed by atoms with E-state index in [9.17, 15) is 9.18 Å². The predicted molar refractivity (Wildman–Crippen MR) is 121 cm³/mol. The van der Waals surface area contributed by atoms with E-state index in [-0.39, 0.29) is 23.4 Å². The van der Waals surface area contributed by atoms with Crippen molar-refractivity contribution in [2.24, 2.45) is 0 Å². The number of hydrogen-bond acceptors (Lipinski definition) is 2. The molecule has 0 saturated carbocycles. The van der Waals surface area contributed by atoms with Crippen molar-refractivity contribution >= 4 is 28.7 Å². The summed E-state index contributed by atoms with van der Waals surface area (Å²) < 4.78 is 20.4. The van der Waals surface area contributed by atoms with Crippen molar-refractivity contribution in [1.29, 1.82) is 0 Å². The van der Waals surface area contributed by atoms with Crippen LogP contribution in [-0.2, 0) is 23.0 Å². The molecule has 1 aliphatic heterocycles. The van der Waals surface area contributed by atoms with Gasteiger partial charge in [0.15, 0.2) is 0 Å². The number of aryl methyl sites for hydroxylation is 1. The standard InChI is InChI=1S/C24H27FINO2/c1-23(2,3)29-22(28)27-13-12-24(15-16-4-7-18(25)8-5-16)20-10-9-19(26)14-17(20)6-11-21(24)27/h4-5,7-10,14,21H,6,11-13,15H2,1-3H3. The fourth-order valence-corrected chi connectivity index (χ4v) is 5.60. The van der Waals surface area contributed by atoms with Gasteiger partial charge in [0.1, 0.15) is 11.4 Å². The molecule has 154 valence electrons. The van der Waals surface area contributed by atoms with Gasteiger partial charge < -0.3 is 9.64 Å². The molecule has 2 atom stereocenters. The summed E-state index contributed by atoms with van der Waals surface area (Å²) >= 11 is 2.36. The number of ether oxygens (including phenoxy) is 1. The summed E-state index contributed by atoms with van der Waals surface area (Å²) in [5.74, 6) is -0.219. The van der Waals surface area contributed by atoms with Gasteiger partial charge in [-0.1, -0.05) is 18.2 Å². The van der Waals surface area contributed by atoms with Crippen LogP contribution in [0, 0.1) is 9.39 Å². The van der Waals surface area contributed by atoms with Crippen LogP contribution in [0.25, 0.3) is 0 Å². The van der Waals surface area contributed by atoms with E-state index < -0.39 is 5.60 Å². The van der Waals surface area contributed by atoms with Gasteiger partial charge in [-0.15, -0.1) is 0 Å².